The quantitative estimate of drug-likeness (QED) is 0.829. The van der Waals surface area contributed by atoms with Crippen LogP contribution in [0.2, 0.25) is 0 Å². The Kier molecular flexibility index (Phi) is 3.31. The van der Waals surface area contributed by atoms with Crippen LogP contribution in [-0.2, 0) is 0 Å². The number of imidazole rings is 1. The fourth-order valence-corrected chi connectivity index (χ4v) is 2.26. The molecule has 3 nitrogen and oxygen atoms in total. The maximum atomic E-state index is 5.92. The molecule has 0 amide bonds. The van der Waals surface area contributed by atoms with Crippen LogP contribution in [0.3, 0.4) is 0 Å². The van der Waals surface area contributed by atoms with Gasteiger partial charge in [-0.15, -0.1) is 11.8 Å². The van der Waals surface area contributed by atoms with Crippen molar-refractivity contribution < 1.29 is 0 Å². The van der Waals surface area contributed by atoms with E-state index in [1.807, 2.05) is 31.6 Å². The first-order valence-corrected chi connectivity index (χ1v) is 6.37. The van der Waals surface area contributed by atoms with Gasteiger partial charge in [0.15, 0.2) is 0 Å². The van der Waals surface area contributed by atoms with Crippen LogP contribution in [0.25, 0.3) is 5.69 Å². The van der Waals surface area contributed by atoms with E-state index in [1.165, 1.54) is 4.90 Å². The van der Waals surface area contributed by atoms with E-state index in [0.29, 0.717) is 0 Å². The number of hydrogen-bond acceptors (Lipinski definition) is 3. The summed E-state index contributed by atoms with van der Waals surface area (Å²) in [6.45, 7) is 1.97. The summed E-state index contributed by atoms with van der Waals surface area (Å²) in [5.74, 6) is 0. The van der Waals surface area contributed by atoms with Crippen molar-refractivity contribution in [3.63, 3.8) is 0 Å². The molecule has 1 aromatic heterocycles. The summed E-state index contributed by atoms with van der Waals surface area (Å²) in [4.78, 5) is 5.39. The number of benzene rings is 1. The third kappa shape index (κ3) is 1.99. The van der Waals surface area contributed by atoms with Gasteiger partial charge in [0, 0.05) is 10.9 Å². The minimum Gasteiger partial charge on any atom is -0.323 e. The first kappa shape index (κ1) is 11.2. The summed E-state index contributed by atoms with van der Waals surface area (Å²) in [5.41, 5.74) is 8.09. The molecule has 0 unspecified atom stereocenters. The van der Waals surface area contributed by atoms with E-state index in [0.717, 1.165) is 11.4 Å². The van der Waals surface area contributed by atoms with E-state index >= 15 is 0 Å². The molecule has 16 heavy (non-hydrogen) atoms. The highest BCUT2D eigenvalue weighted by atomic mass is 32.2. The van der Waals surface area contributed by atoms with Gasteiger partial charge < -0.3 is 10.3 Å². The highest BCUT2D eigenvalue weighted by molar-refractivity contribution is 7.98. The lowest BCUT2D eigenvalue weighted by Crippen LogP contribution is -2.11. The molecule has 0 bridgehead atoms. The molecule has 1 heterocycles. The summed E-state index contributed by atoms with van der Waals surface area (Å²) in [5, 5.41) is 0. The van der Waals surface area contributed by atoms with Crippen molar-refractivity contribution in [3.05, 3.63) is 42.5 Å². The van der Waals surface area contributed by atoms with Gasteiger partial charge in [-0.25, -0.2) is 4.98 Å². The SMILES string of the molecule is CSc1ccccc1-n1cncc1[C@@H](C)N. The second-order valence-corrected chi connectivity index (χ2v) is 4.50. The number of nitrogens with two attached hydrogens (primary N) is 1. The third-order valence-corrected chi connectivity index (χ3v) is 3.26. The summed E-state index contributed by atoms with van der Waals surface area (Å²) < 4.78 is 2.05. The van der Waals surface area contributed by atoms with Crippen LogP contribution in [-0.4, -0.2) is 15.8 Å². The van der Waals surface area contributed by atoms with Gasteiger partial charge in [0.05, 0.1) is 23.9 Å². The molecule has 0 aliphatic carbocycles. The van der Waals surface area contributed by atoms with Gasteiger partial charge in [-0.1, -0.05) is 12.1 Å². The second kappa shape index (κ2) is 4.72. The first-order chi connectivity index (χ1) is 7.74. The van der Waals surface area contributed by atoms with Crippen LogP contribution in [0, 0.1) is 0 Å². The Morgan fingerprint density at radius 2 is 2.12 bits per heavy atom. The fraction of sp³-hybridized carbons (Fsp3) is 0.250. The number of hydrogen-bond donors (Lipinski definition) is 1. The minimum absolute atomic E-state index is 0.0163. The van der Waals surface area contributed by atoms with Crippen LogP contribution in [0.5, 0.6) is 0 Å². The van der Waals surface area contributed by atoms with Crippen molar-refractivity contribution in [2.75, 3.05) is 6.26 Å². The van der Waals surface area contributed by atoms with E-state index in [-0.39, 0.29) is 6.04 Å². The second-order valence-electron chi connectivity index (χ2n) is 3.65. The molecule has 0 aliphatic rings. The van der Waals surface area contributed by atoms with Crippen LogP contribution in [0.15, 0.2) is 41.7 Å². The van der Waals surface area contributed by atoms with E-state index in [1.54, 1.807) is 11.8 Å². The van der Waals surface area contributed by atoms with Crippen LogP contribution < -0.4 is 5.73 Å². The van der Waals surface area contributed by atoms with E-state index in [4.69, 9.17) is 5.73 Å². The largest absolute Gasteiger partial charge is 0.323 e. The molecule has 0 aliphatic heterocycles. The van der Waals surface area contributed by atoms with Crippen LogP contribution >= 0.6 is 11.8 Å². The Morgan fingerprint density at radius 3 is 2.81 bits per heavy atom. The third-order valence-electron chi connectivity index (χ3n) is 2.48. The zero-order valence-electron chi connectivity index (χ0n) is 9.42. The normalized spacial score (nSPS) is 12.7. The predicted molar refractivity (Wildman–Crippen MR) is 67.9 cm³/mol. The van der Waals surface area contributed by atoms with Crippen LogP contribution in [0.4, 0.5) is 0 Å². The summed E-state index contributed by atoms with van der Waals surface area (Å²) in [6, 6.07) is 8.24. The molecule has 2 aromatic rings. The number of rotatable bonds is 3. The van der Waals surface area contributed by atoms with Crippen molar-refractivity contribution in [1.82, 2.24) is 9.55 Å². The maximum Gasteiger partial charge on any atom is 0.0995 e. The predicted octanol–water partition coefficient (Wildman–Crippen LogP) is 2.61. The Balaban J connectivity index is 2.54. The highest BCUT2D eigenvalue weighted by Gasteiger charge is 2.10. The van der Waals surface area contributed by atoms with E-state index in [9.17, 15) is 0 Å². The monoisotopic (exact) mass is 233 g/mol. The number of para-hydroxylation sites is 1. The fourth-order valence-electron chi connectivity index (χ4n) is 1.67. The summed E-state index contributed by atoms with van der Waals surface area (Å²) in [7, 11) is 0. The Labute approximate surface area is 99.7 Å². The van der Waals surface area contributed by atoms with Crippen molar-refractivity contribution in [3.8, 4) is 5.69 Å². The molecule has 1 aromatic carbocycles. The van der Waals surface area contributed by atoms with Crippen molar-refractivity contribution in [2.24, 2.45) is 5.73 Å². The first-order valence-electron chi connectivity index (χ1n) is 5.15. The molecule has 4 heteroatoms. The molecule has 0 spiro atoms. The lowest BCUT2D eigenvalue weighted by atomic mass is 10.2. The van der Waals surface area contributed by atoms with Gasteiger partial charge in [0.25, 0.3) is 0 Å². The van der Waals surface area contributed by atoms with Gasteiger partial charge in [-0.3, -0.25) is 0 Å². The molecule has 1 atom stereocenters. The molecule has 0 radical (unpaired) electrons. The maximum absolute atomic E-state index is 5.92. The number of thioether (sulfide) groups is 1. The number of aromatic nitrogens is 2. The van der Waals surface area contributed by atoms with Gasteiger partial charge in [0.2, 0.25) is 0 Å². The molecule has 0 fully saturated rings. The van der Waals surface area contributed by atoms with Crippen LogP contribution in [0.1, 0.15) is 18.7 Å². The smallest absolute Gasteiger partial charge is 0.0995 e. The lowest BCUT2D eigenvalue weighted by Gasteiger charge is -2.13. The Bertz CT molecular complexity index is 477. The Hall–Kier alpha value is -1.26. The molecule has 84 valence electrons. The highest BCUT2D eigenvalue weighted by Crippen LogP contribution is 2.25. The zero-order chi connectivity index (χ0) is 11.5. The van der Waals surface area contributed by atoms with E-state index < -0.39 is 0 Å². The van der Waals surface area contributed by atoms with Crippen molar-refractivity contribution in [2.45, 2.75) is 17.9 Å². The van der Waals surface area contributed by atoms with Gasteiger partial charge >= 0.3 is 0 Å². The molecule has 0 saturated carbocycles. The Morgan fingerprint density at radius 1 is 1.38 bits per heavy atom. The topological polar surface area (TPSA) is 43.8 Å². The van der Waals surface area contributed by atoms with Gasteiger partial charge in [-0.2, -0.15) is 0 Å². The molecular formula is C12H15N3S. The van der Waals surface area contributed by atoms with Gasteiger partial charge in [-0.05, 0) is 25.3 Å². The zero-order valence-corrected chi connectivity index (χ0v) is 10.2. The standard InChI is InChI=1S/C12H15N3S/c1-9(13)11-7-14-8-15(11)10-5-3-4-6-12(10)16-2/h3-9H,13H2,1-2H3/t9-/m1/s1. The average Bonchev–Trinajstić information content (AvgIpc) is 2.77. The number of nitrogens with zero attached hydrogens (tertiary/aromatic N) is 2. The minimum atomic E-state index is -0.0163. The molecular weight excluding hydrogens is 218 g/mol. The molecule has 2 N–H and O–H groups in total. The molecule has 0 saturated heterocycles. The van der Waals surface area contributed by atoms with E-state index in [2.05, 4.69) is 27.9 Å². The average molecular weight is 233 g/mol. The van der Waals surface area contributed by atoms with Crippen molar-refractivity contribution in [1.29, 1.82) is 0 Å². The summed E-state index contributed by atoms with van der Waals surface area (Å²) >= 11 is 1.72. The lowest BCUT2D eigenvalue weighted by molar-refractivity contribution is 0.748. The van der Waals surface area contributed by atoms with Gasteiger partial charge in [0.1, 0.15) is 0 Å². The molecule has 2 rings (SSSR count). The summed E-state index contributed by atoms with van der Waals surface area (Å²) in [6.07, 6.45) is 5.71. The van der Waals surface area contributed by atoms with Crippen molar-refractivity contribution >= 4 is 11.8 Å².